The van der Waals surface area contributed by atoms with Crippen molar-refractivity contribution in [3.63, 3.8) is 0 Å². The van der Waals surface area contributed by atoms with Crippen LogP contribution in [0.2, 0.25) is 0 Å². The first-order valence-electron chi connectivity index (χ1n) is 5.04. The fourth-order valence-corrected chi connectivity index (χ4v) is 1.14. The summed E-state index contributed by atoms with van der Waals surface area (Å²) in [6.45, 7) is 3.43. The molecule has 0 saturated carbocycles. The van der Waals surface area contributed by atoms with Gasteiger partial charge in [-0.1, -0.05) is 13.8 Å². The van der Waals surface area contributed by atoms with Gasteiger partial charge in [-0.15, -0.1) is 0 Å². The van der Waals surface area contributed by atoms with Crippen LogP contribution in [-0.2, 0) is 4.79 Å². The van der Waals surface area contributed by atoms with E-state index in [0.29, 0.717) is 12.1 Å². The molecule has 0 fully saturated rings. The van der Waals surface area contributed by atoms with Crippen molar-refractivity contribution in [1.82, 2.24) is 0 Å². The number of hydrogen-bond acceptors (Lipinski definition) is 2. The molecule has 1 atom stereocenters. The number of hydrogen-bond donors (Lipinski definition) is 2. The number of rotatable bonds is 3. The molecule has 1 rings (SSSR count). The fraction of sp³-hybridized carbons (Fsp3) is 0.364. The summed E-state index contributed by atoms with van der Waals surface area (Å²) in [4.78, 5) is 11.5. The molecular weight excluding hydrogens is 233 g/mol. The number of halogens is 3. The largest absolute Gasteiger partial charge is 0.322 e. The monoisotopic (exact) mass is 246 g/mol. The van der Waals surface area contributed by atoms with Crippen molar-refractivity contribution in [3.8, 4) is 0 Å². The van der Waals surface area contributed by atoms with Gasteiger partial charge in [-0.3, -0.25) is 4.79 Å². The molecule has 0 unspecified atom stereocenters. The van der Waals surface area contributed by atoms with Crippen LogP contribution in [0.4, 0.5) is 18.9 Å². The summed E-state index contributed by atoms with van der Waals surface area (Å²) in [5, 5.41) is 2.11. The predicted molar refractivity (Wildman–Crippen MR) is 57.8 cm³/mol. The molecule has 94 valence electrons. The first-order valence-corrected chi connectivity index (χ1v) is 5.04. The molecule has 1 amide bonds. The van der Waals surface area contributed by atoms with Crippen LogP contribution < -0.4 is 11.1 Å². The second-order valence-electron chi connectivity index (χ2n) is 4.01. The van der Waals surface area contributed by atoms with Crippen molar-refractivity contribution in [3.05, 3.63) is 29.6 Å². The molecule has 1 aromatic carbocycles. The first-order chi connectivity index (χ1) is 7.82. The zero-order chi connectivity index (χ0) is 13.2. The second kappa shape index (κ2) is 5.18. The maximum Gasteiger partial charge on any atom is 0.241 e. The molecule has 3 N–H and O–H groups in total. The minimum absolute atomic E-state index is 0.150. The quantitative estimate of drug-likeness (QED) is 0.802. The molecule has 0 aliphatic heterocycles. The van der Waals surface area contributed by atoms with Crippen LogP contribution in [0.3, 0.4) is 0 Å². The fourth-order valence-electron chi connectivity index (χ4n) is 1.14. The van der Waals surface area contributed by atoms with Crippen molar-refractivity contribution < 1.29 is 18.0 Å². The molecular formula is C11H13F3N2O. The third-order valence-corrected chi connectivity index (χ3v) is 2.29. The Balaban J connectivity index is 2.89. The smallest absolute Gasteiger partial charge is 0.241 e. The summed E-state index contributed by atoms with van der Waals surface area (Å²) < 4.78 is 38.7. The first kappa shape index (κ1) is 13.5. The van der Waals surface area contributed by atoms with E-state index in [0.717, 1.165) is 0 Å². The van der Waals surface area contributed by atoms with Gasteiger partial charge in [0.2, 0.25) is 5.91 Å². The number of anilines is 1. The molecule has 0 aliphatic rings. The van der Waals surface area contributed by atoms with Gasteiger partial charge in [0.1, 0.15) is 5.82 Å². The minimum atomic E-state index is -1.31. The molecule has 3 nitrogen and oxygen atoms in total. The second-order valence-corrected chi connectivity index (χ2v) is 4.01. The van der Waals surface area contributed by atoms with Crippen LogP contribution in [0, 0.1) is 23.4 Å². The van der Waals surface area contributed by atoms with E-state index in [2.05, 4.69) is 5.32 Å². The molecule has 0 saturated heterocycles. The lowest BCUT2D eigenvalue weighted by molar-refractivity contribution is -0.118. The number of carbonyl (C=O) groups excluding carboxylic acids is 1. The number of amides is 1. The molecule has 0 radical (unpaired) electrons. The Hall–Kier alpha value is -1.56. The van der Waals surface area contributed by atoms with E-state index in [4.69, 9.17) is 5.73 Å². The third kappa shape index (κ3) is 3.20. The lowest BCUT2D eigenvalue weighted by Gasteiger charge is -2.15. The van der Waals surface area contributed by atoms with Crippen molar-refractivity contribution in [2.45, 2.75) is 19.9 Å². The van der Waals surface area contributed by atoms with Crippen LogP contribution in [0.15, 0.2) is 12.1 Å². The average molecular weight is 246 g/mol. The van der Waals surface area contributed by atoms with E-state index < -0.39 is 35.1 Å². The summed E-state index contributed by atoms with van der Waals surface area (Å²) in [5.41, 5.74) is 5.10. The maximum atomic E-state index is 13.2. The average Bonchev–Trinajstić information content (AvgIpc) is 2.24. The Bertz CT molecular complexity index is 435. The van der Waals surface area contributed by atoms with Gasteiger partial charge in [-0.05, 0) is 5.92 Å². The van der Waals surface area contributed by atoms with Crippen molar-refractivity contribution >= 4 is 11.6 Å². The van der Waals surface area contributed by atoms with Gasteiger partial charge >= 0.3 is 0 Å². The molecule has 0 aliphatic carbocycles. The third-order valence-electron chi connectivity index (χ3n) is 2.29. The Morgan fingerprint density at radius 1 is 1.18 bits per heavy atom. The van der Waals surface area contributed by atoms with E-state index in [1.165, 1.54) is 0 Å². The van der Waals surface area contributed by atoms with E-state index in [1.807, 2.05) is 0 Å². The molecule has 1 aromatic rings. The summed E-state index contributed by atoms with van der Waals surface area (Å²) >= 11 is 0. The summed E-state index contributed by atoms with van der Waals surface area (Å²) in [6, 6.07) is 0.101. The zero-order valence-electron chi connectivity index (χ0n) is 9.43. The summed E-state index contributed by atoms with van der Waals surface area (Å²) in [7, 11) is 0. The topological polar surface area (TPSA) is 55.1 Å². The lowest BCUT2D eigenvalue weighted by Crippen LogP contribution is -2.39. The van der Waals surface area contributed by atoms with E-state index >= 15 is 0 Å². The Labute approximate surface area is 96.8 Å². The van der Waals surface area contributed by atoms with Gasteiger partial charge in [-0.2, -0.15) is 0 Å². The maximum absolute atomic E-state index is 13.2. The lowest BCUT2D eigenvalue weighted by atomic mass is 10.0. The molecule has 17 heavy (non-hydrogen) atoms. The standard InChI is InChI=1S/C11H13F3N2O/c1-5(2)10(15)11(17)16-9-4-7(13)6(12)3-8(9)14/h3-5,10H,15H2,1-2H3,(H,16,17)/t10-/m1/s1. The highest BCUT2D eigenvalue weighted by molar-refractivity contribution is 5.94. The van der Waals surface area contributed by atoms with Gasteiger partial charge in [-0.25, -0.2) is 13.2 Å². The van der Waals surface area contributed by atoms with Gasteiger partial charge < -0.3 is 11.1 Å². The van der Waals surface area contributed by atoms with Crippen LogP contribution >= 0.6 is 0 Å². The molecule has 0 spiro atoms. The number of nitrogens with two attached hydrogens (primary N) is 1. The van der Waals surface area contributed by atoms with Crippen LogP contribution in [0.1, 0.15) is 13.8 Å². The Morgan fingerprint density at radius 3 is 2.24 bits per heavy atom. The zero-order valence-corrected chi connectivity index (χ0v) is 9.43. The Morgan fingerprint density at radius 2 is 1.71 bits per heavy atom. The van der Waals surface area contributed by atoms with Crippen LogP contribution in [0.5, 0.6) is 0 Å². The highest BCUT2D eigenvalue weighted by Crippen LogP contribution is 2.18. The molecule has 0 bridgehead atoms. The normalized spacial score (nSPS) is 12.6. The van der Waals surface area contributed by atoms with E-state index in [9.17, 15) is 18.0 Å². The minimum Gasteiger partial charge on any atom is -0.322 e. The molecule has 0 aromatic heterocycles. The highest BCUT2D eigenvalue weighted by Gasteiger charge is 2.19. The van der Waals surface area contributed by atoms with Gasteiger partial charge in [0, 0.05) is 12.1 Å². The van der Waals surface area contributed by atoms with Crippen LogP contribution in [0.25, 0.3) is 0 Å². The van der Waals surface area contributed by atoms with Crippen molar-refractivity contribution in [1.29, 1.82) is 0 Å². The number of benzene rings is 1. The summed E-state index contributed by atoms with van der Waals surface area (Å²) in [6.07, 6.45) is 0. The number of carbonyl (C=O) groups is 1. The van der Waals surface area contributed by atoms with Crippen molar-refractivity contribution in [2.24, 2.45) is 11.7 Å². The van der Waals surface area contributed by atoms with E-state index in [1.54, 1.807) is 13.8 Å². The summed E-state index contributed by atoms with van der Waals surface area (Å²) in [5.74, 6) is -4.39. The van der Waals surface area contributed by atoms with E-state index in [-0.39, 0.29) is 5.92 Å². The van der Waals surface area contributed by atoms with Crippen LogP contribution in [-0.4, -0.2) is 11.9 Å². The van der Waals surface area contributed by atoms with Gasteiger partial charge in [0.05, 0.1) is 11.7 Å². The molecule has 6 heteroatoms. The SMILES string of the molecule is CC(C)[C@@H](N)C(=O)Nc1cc(F)c(F)cc1F. The van der Waals surface area contributed by atoms with Crippen molar-refractivity contribution in [2.75, 3.05) is 5.32 Å². The number of nitrogens with one attached hydrogen (secondary N) is 1. The molecule has 0 heterocycles. The van der Waals surface area contributed by atoms with Gasteiger partial charge in [0.15, 0.2) is 11.6 Å². The highest BCUT2D eigenvalue weighted by atomic mass is 19.2. The van der Waals surface area contributed by atoms with Gasteiger partial charge in [0.25, 0.3) is 0 Å². The predicted octanol–water partition coefficient (Wildman–Crippen LogP) is 2.03. The Kier molecular flexibility index (Phi) is 4.11.